The van der Waals surface area contributed by atoms with Crippen LogP contribution in [0, 0.1) is 0 Å². The lowest BCUT2D eigenvalue weighted by Gasteiger charge is -2.15. The minimum atomic E-state index is -3.85. The number of nitrogens with one attached hydrogen (secondary N) is 2. The van der Waals surface area contributed by atoms with E-state index in [1.165, 1.54) is 44.8 Å². The molecule has 1 heterocycles. The van der Waals surface area contributed by atoms with E-state index in [1.54, 1.807) is 6.07 Å². The number of likely N-dealkylation sites (tertiary alicyclic amines) is 1. The van der Waals surface area contributed by atoms with Crippen LogP contribution in [0.3, 0.4) is 0 Å². The van der Waals surface area contributed by atoms with Gasteiger partial charge in [0.2, 0.25) is 10.0 Å². The fourth-order valence-corrected chi connectivity index (χ4v) is 4.84. The van der Waals surface area contributed by atoms with Crippen LogP contribution in [0.2, 0.25) is 0 Å². The van der Waals surface area contributed by atoms with E-state index in [1.807, 2.05) is 12.1 Å². The first-order chi connectivity index (χ1) is 15.4. The monoisotopic (exact) mass is 461 g/mol. The molecule has 174 valence electrons. The zero-order valence-corrected chi connectivity index (χ0v) is 19.4. The van der Waals surface area contributed by atoms with Crippen molar-refractivity contribution in [3.8, 4) is 5.75 Å². The zero-order chi connectivity index (χ0) is 23.0. The molecule has 32 heavy (non-hydrogen) atoms. The Labute approximate surface area is 190 Å². The lowest BCUT2D eigenvalue weighted by molar-refractivity contribution is 0.0950. The molecule has 9 heteroatoms. The first-order valence-electron chi connectivity index (χ1n) is 10.7. The number of methoxy groups -OCH3 is 2. The number of sulfonamides is 1. The standard InChI is InChI=1S/C23H31N3O5S/c1-30-14-11-25-32(28,29)22-15-20(9-10-21(22)31-2)23(27)24-16-18-5-7-19(8-6-18)17-26-12-3-4-13-26/h5-10,15,25H,3-4,11-14,16-17H2,1-2H3,(H,24,27). The minimum Gasteiger partial charge on any atom is -0.495 e. The van der Waals surface area contributed by atoms with Crippen molar-refractivity contribution in [2.45, 2.75) is 30.8 Å². The summed E-state index contributed by atoms with van der Waals surface area (Å²) in [6.45, 7) is 3.96. The van der Waals surface area contributed by atoms with E-state index in [-0.39, 0.29) is 35.3 Å². The van der Waals surface area contributed by atoms with Crippen molar-refractivity contribution in [3.63, 3.8) is 0 Å². The minimum absolute atomic E-state index is 0.0879. The average Bonchev–Trinajstić information content (AvgIpc) is 3.31. The molecule has 2 aromatic carbocycles. The highest BCUT2D eigenvalue weighted by Gasteiger charge is 2.21. The second kappa shape index (κ2) is 11.4. The third-order valence-electron chi connectivity index (χ3n) is 5.39. The van der Waals surface area contributed by atoms with Gasteiger partial charge in [0, 0.05) is 32.3 Å². The summed E-state index contributed by atoms with van der Waals surface area (Å²) in [6, 6.07) is 12.5. The normalized spacial score (nSPS) is 14.4. The molecule has 1 amide bonds. The molecule has 0 saturated carbocycles. The van der Waals surface area contributed by atoms with Crippen LogP contribution in [0.15, 0.2) is 47.4 Å². The molecule has 8 nitrogen and oxygen atoms in total. The van der Waals surface area contributed by atoms with E-state index < -0.39 is 10.0 Å². The van der Waals surface area contributed by atoms with E-state index >= 15 is 0 Å². The Bertz CT molecular complexity index is 1000. The van der Waals surface area contributed by atoms with Crippen LogP contribution in [0.5, 0.6) is 5.75 Å². The lowest BCUT2D eigenvalue weighted by Crippen LogP contribution is -2.28. The molecule has 0 spiro atoms. The summed E-state index contributed by atoms with van der Waals surface area (Å²) < 4.78 is 37.7. The van der Waals surface area contributed by atoms with Crippen molar-refractivity contribution in [1.82, 2.24) is 14.9 Å². The van der Waals surface area contributed by atoms with Crippen LogP contribution in [0.25, 0.3) is 0 Å². The summed E-state index contributed by atoms with van der Waals surface area (Å²) >= 11 is 0. The first kappa shape index (κ1) is 24.2. The van der Waals surface area contributed by atoms with Crippen molar-refractivity contribution in [3.05, 3.63) is 59.2 Å². The summed E-state index contributed by atoms with van der Waals surface area (Å²) in [4.78, 5) is 15.0. The van der Waals surface area contributed by atoms with Crippen LogP contribution >= 0.6 is 0 Å². The van der Waals surface area contributed by atoms with Crippen LogP contribution in [0.1, 0.15) is 34.3 Å². The summed E-state index contributed by atoms with van der Waals surface area (Å²) in [7, 11) is -0.980. The lowest BCUT2D eigenvalue weighted by atomic mass is 10.1. The van der Waals surface area contributed by atoms with Crippen molar-refractivity contribution in [2.75, 3.05) is 40.5 Å². The molecule has 0 aromatic heterocycles. The van der Waals surface area contributed by atoms with Gasteiger partial charge < -0.3 is 14.8 Å². The van der Waals surface area contributed by atoms with Crippen LogP contribution in [0.4, 0.5) is 0 Å². The van der Waals surface area contributed by atoms with E-state index in [0.717, 1.165) is 25.2 Å². The maximum Gasteiger partial charge on any atom is 0.251 e. The van der Waals surface area contributed by atoms with Gasteiger partial charge in [-0.05, 0) is 55.3 Å². The van der Waals surface area contributed by atoms with Gasteiger partial charge in [0.25, 0.3) is 5.91 Å². The molecule has 0 bridgehead atoms. The summed E-state index contributed by atoms with van der Waals surface area (Å²) in [6.07, 6.45) is 2.53. The zero-order valence-electron chi connectivity index (χ0n) is 18.6. The molecule has 1 aliphatic heterocycles. The first-order valence-corrected chi connectivity index (χ1v) is 12.2. The summed E-state index contributed by atoms with van der Waals surface area (Å²) in [5.74, 6) is -0.192. The van der Waals surface area contributed by atoms with Gasteiger partial charge in [-0.15, -0.1) is 0 Å². The molecule has 2 aromatic rings. The highest BCUT2D eigenvalue weighted by Crippen LogP contribution is 2.25. The SMILES string of the molecule is COCCNS(=O)(=O)c1cc(C(=O)NCc2ccc(CN3CCCC3)cc2)ccc1OC. The van der Waals surface area contributed by atoms with E-state index in [0.29, 0.717) is 6.54 Å². The number of hydrogen-bond donors (Lipinski definition) is 2. The number of hydrogen-bond acceptors (Lipinski definition) is 6. The van der Waals surface area contributed by atoms with Crippen molar-refractivity contribution >= 4 is 15.9 Å². The molecule has 2 N–H and O–H groups in total. The maximum absolute atomic E-state index is 12.7. The molecule has 0 unspecified atom stereocenters. The Kier molecular flexibility index (Phi) is 8.63. The predicted octanol–water partition coefficient (Wildman–Crippen LogP) is 2.15. The molecule has 0 aliphatic carbocycles. The number of ether oxygens (including phenoxy) is 2. The van der Waals surface area contributed by atoms with Gasteiger partial charge in [0.1, 0.15) is 10.6 Å². The van der Waals surface area contributed by atoms with Crippen molar-refractivity contribution in [2.24, 2.45) is 0 Å². The Balaban J connectivity index is 1.63. The number of rotatable bonds is 11. The Morgan fingerprint density at radius 3 is 2.38 bits per heavy atom. The smallest absolute Gasteiger partial charge is 0.251 e. The molecular formula is C23H31N3O5S. The number of nitrogens with zero attached hydrogens (tertiary/aromatic N) is 1. The number of amides is 1. The fraction of sp³-hybridized carbons (Fsp3) is 0.435. The van der Waals surface area contributed by atoms with Crippen LogP contribution in [-0.4, -0.2) is 59.7 Å². The van der Waals surface area contributed by atoms with Gasteiger partial charge in [-0.1, -0.05) is 24.3 Å². The molecular weight excluding hydrogens is 430 g/mol. The number of carbonyl (C=O) groups is 1. The second-order valence-electron chi connectivity index (χ2n) is 7.74. The highest BCUT2D eigenvalue weighted by molar-refractivity contribution is 7.89. The quantitative estimate of drug-likeness (QED) is 0.498. The van der Waals surface area contributed by atoms with E-state index in [4.69, 9.17) is 9.47 Å². The predicted molar refractivity (Wildman–Crippen MR) is 122 cm³/mol. The molecule has 0 radical (unpaired) electrons. The van der Waals surface area contributed by atoms with Gasteiger partial charge in [0.05, 0.1) is 13.7 Å². The third-order valence-corrected chi connectivity index (χ3v) is 6.88. The van der Waals surface area contributed by atoms with E-state index in [2.05, 4.69) is 27.1 Å². The molecule has 1 fully saturated rings. The number of carbonyl (C=O) groups excluding carboxylic acids is 1. The Hall–Kier alpha value is -2.46. The Morgan fingerprint density at radius 1 is 1.03 bits per heavy atom. The van der Waals surface area contributed by atoms with Gasteiger partial charge in [0.15, 0.2) is 0 Å². The third kappa shape index (κ3) is 6.52. The van der Waals surface area contributed by atoms with E-state index in [9.17, 15) is 13.2 Å². The van der Waals surface area contributed by atoms with Gasteiger partial charge in [-0.25, -0.2) is 13.1 Å². The van der Waals surface area contributed by atoms with Gasteiger partial charge in [-0.3, -0.25) is 9.69 Å². The molecule has 1 aliphatic rings. The number of benzene rings is 2. The highest BCUT2D eigenvalue weighted by atomic mass is 32.2. The summed E-state index contributed by atoms with van der Waals surface area (Å²) in [5, 5.41) is 2.85. The Morgan fingerprint density at radius 2 is 1.72 bits per heavy atom. The summed E-state index contributed by atoms with van der Waals surface area (Å²) in [5.41, 5.74) is 2.47. The molecule has 0 atom stereocenters. The van der Waals surface area contributed by atoms with Crippen molar-refractivity contribution in [1.29, 1.82) is 0 Å². The fourth-order valence-electron chi connectivity index (χ4n) is 3.63. The van der Waals surface area contributed by atoms with Crippen LogP contribution < -0.4 is 14.8 Å². The molecule has 1 saturated heterocycles. The largest absolute Gasteiger partial charge is 0.495 e. The van der Waals surface area contributed by atoms with Crippen LogP contribution in [-0.2, 0) is 27.8 Å². The van der Waals surface area contributed by atoms with Crippen molar-refractivity contribution < 1.29 is 22.7 Å². The van der Waals surface area contributed by atoms with Gasteiger partial charge >= 0.3 is 0 Å². The van der Waals surface area contributed by atoms with Gasteiger partial charge in [-0.2, -0.15) is 0 Å². The average molecular weight is 462 g/mol. The second-order valence-corrected chi connectivity index (χ2v) is 9.47. The topological polar surface area (TPSA) is 97.0 Å². The maximum atomic E-state index is 12.7. The molecule has 3 rings (SSSR count).